The van der Waals surface area contributed by atoms with Crippen LogP contribution in [0.15, 0.2) is 78.1 Å². The predicted molar refractivity (Wildman–Crippen MR) is 118 cm³/mol. The molecule has 0 fully saturated rings. The molecule has 148 valence electrons. The number of anilines is 1. The van der Waals surface area contributed by atoms with E-state index < -0.39 is 0 Å². The summed E-state index contributed by atoms with van der Waals surface area (Å²) in [5.74, 6) is 0.633. The summed E-state index contributed by atoms with van der Waals surface area (Å²) in [6, 6.07) is 19.3. The van der Waals surface area contributed by atoms with Gasteiger partial charge in [-0.1, -0.05) is 43.3 Å². The van der Waals surface area contributed by atoms with E-state index in [1.54, 1.807) is 10.9 Å². The molecule has 5 rings (SSSR count). The molecule has 3 aromatic heterocycles. The third kappa shape index (κ3) is 3.00. The van der Waals surface area contributed by atoms with Gasteiger partial charge in [-0.15, -0.1) is 0 Å². The number of hydrogen-bond donors (Lipinski definition) is 2. The van der Waals surface area contributed by atoms with Gasteiger partial charge in [0.05, 0.1) is 12.4 Å². The summed E-state index contributed by atoms with van der Waals surface area (Å²) >= 11 is 0. The number of aromatic amines is 1. The highest BCUT2D eigenvalue weighted by Crippen LogP contribution is 2.27. The Labute approximate surface area is 172 Å². The molecule has 0 amide bonds. The van der Waals surface area contributed by atoms with E-state index in [0.717, 1.165) is 23.2 Å². The Morgan fingerprint density at radius 2 is 1.83 bits per heavy atom. The highest BCUT2D eigenvalue weighted by molar-refractivity contribution is 5.84. The Hall–Kier alpha value is -4.00. The second-order valence-electron chi connectivity index (χ2n) is 7.06. The first kappa shape index (κ1) is 18.1. The Kier molecular flexibility index (Phi) is 4.48. The van der Waals surface area contributed by atoms with E-state index in [9.17, 15) is 4.79 Å². The zero-order chi connectivity index (χ0) is 20.5. The number of para-hydroxylation sites is 1. The molecule has 0 saturated carbocycles. The molecule has 7 nitrogen and oxygen atoms in total. The second kappa shape index (κ2) is 7.44. The van der Waals surface area contributed by atoms with Crippen LogP contribution in [-0.2, 0) is 0 Å². The molecule has 0 radical (unpaired) electrons. The fourth-order valence-electron chi connectivity index (χ4n) is 3.80. The van der Waals surface area contributed by atoms with Crippen molar-refractivity contribution in [1.29, 1.82) is 0 Å². The minimum absolute atomic E-state index is 0.0397. The van der Waals surface area contributed by atoms with Crippen LogP contribution in [0.1, 0.15) is 25.1 Å². The summed E-state index contributed by atoms with van der Waals surface area (Å²) in [5.41, 5.74) is 3.00. The van der Waals surface area contributed by atoms with Crippen LogP contribution >= 0.6 is 0 Å². The van der Waals surface area contributed by atoms with Crippen molar-refractivity contribution in [3.05, 3.63) is 89.4 Å². The number of rotatable bonds is 5. The van der Waals surface area contributed by atoms with Crippen LogP contribution in [0.25, 0.3) is 27.6 Å². The molecule has 0 unspecified atom stereocenters. The molecular weight excluding hydrogens is 376 g/mol. The monoisotopic (exact) mass is 396 g/mol. The number of hydrogen-bond acceptors (Lipinski definition) is 5. The second-order valence-corrected chi connectivity index (χ2v) is 7.06. The quantitative estimate of drug-likeness (QED) is 0.464. The molecule has 2 aromatic carbocycles. The van der Waals surface area contributed by atoms with Crippen LogP contribution in [0.4, 0.5) is 5.82 Å². The van der Waals surface area contributed by atoms with E-state index in [4.69, 9.17) is 0 Å². The zero-order valence-corrected chi connectivity index (χ0v) is 16.4. The summed E-state index contributed by atoms with van der Waals surface area (Å²) in [5, 5.41) is 5.09. The van der Waals surface area contributed by atoms with Gasteiger partial charge in [0.2, 0.25) is 0 Å². The Morgan fingerprint density at radius 3 is 2.67 bits per heavy atom. The van der Waals surface area contributed by atoms with E-state index >= 15 is 0 Å². The lowest BCUT2D eigenvalue weighted by atomic mass is 10.0. The number of nitrogens with one attached hydrogen (secondary N) is 2. The van der Waals surface area contributed by atoms with Gasteiger partial charge >= 0.3 is 0 Å². The first-order chi connectivity index (χ1) is 14.8. The van der Waals surface area contributed by atoms with Gasteiger partial charge in [0.25, 0.3) is 5.56 Å². The lowest BCUT2D eigenvalue weighted by Crippen LogP contribution is -2.26. The molecular formula is C23H20N6O. The fourth-order valence-corrected chi connectivity index (χ4v) is 3.80. The first-order valence-corrected chi connectivity index (χ1v) is 9.87. The fraction of sp³-hybridized carbons (Fsp3) is 0.130. The minimum Gasteiger partial charge on any atom is -0.360 e. The van der Waals surface area contributed by atoms with Gasteiger partial charge < -0.3 is 10.3 Å². The van der Waals surface area contributed by atoms with Crippen molar-refractivity contribution in [3.63, 3.8) is 0 Å². The van der Waals surface area contributed by atoms with Crippen LogP contribution in [0, 0.1) is 0 Å². The van der Waals surface area contributed by atoms with Crippen LogP contribution in [-0.4, -0.2) is 24.5 Å². The largest absolute Gasteiger partial charge is 0.360 e. The summed E-state index contributed by atoms with van der Waals surface area (Å²) < 4.78 is 1.78. The van der Waals surface area contributed by atoms with E-state index in [1.165, 1.54) is 6.33 Å². The van der Waals surface area contributed by atoms with E-state index in [0.29, 0.717) is 22.4 Å². The SMILES string of the molecule is CC[C@@H](Nc1ncnc2[nH]cnc12)c1cc2ccccc2c(=O)n1-c1ccccc1. The average Bonchev–Trinajstić information content (AvgIpc) is 3.28. The maximum absolute atomic E-state index is 13.5. The summed E-state index contributed by atoms with van der Waals surface area (Å²) in [7, 11) is 0. The van der Waals surface area contributed by atoms with E-state index in [-0.39, 0.29) is 11.6 Å². The van der Waals surface area contributed by atoms with Gasteiger partial charge in [-0.05, 0) is 36.1 Å². The molecule has 5 aromatic rings. The van der Waals surface area contributed by atoms with Crippen molar-refractivity contribution in [1.82, 2.24) is 24.5 Å². The van der Waals surface area contributed by atoms with Crippen molar-refractivity contribution >= 4 is 27.8 Å². The molecule has 0 aliphatic rings. The molecule has 1 atom stereocenters. The lowest BCUT2D eigenvalue weighted by molar-refractivity contribution is 0.689. The highest BCUT2D eigenvalue weighted by Gasteiger charge is 2.20. The molecule has 0 bridgehead atoms. The number of pyridine rings is 1. The number of nitrogens with zero attached hydrogens (tertiary/aromatic N) is 4. The summed E-state index contributed by atoms with van der Waals surface area (Å²) in [6.07, 6.45) is 3.85. The van der Waals surface area contributed by atoms with Crippen molar-refractivity contribution in [2.24, 2.45) is 0 Å². The van der Waals surface area contributed by atoms with Crippen LogP contribution in [0.3, 0.4) is 0 Å². The third-order valence-electron chi connectivity index (χ3n) is 5.26. The molecule has 7 heteroatoms. The molecule has 0 spiro atoms. The highest BCUT2D eigenvalue weighted by atomic mass is 16.1. The topological polar surface area (TPSA) is 88.5 Å². The Morgan fingerprint density at radius 1 is 1.03 bits per heavy atom. The Bertz CT molecular complexity index is 1390. The normalized spacial score (nSPS) is 12.3. The predicted octanol–water partition coefficient (Wildman–Crippen LogP) is 4.22. The van der Waals surface area contributed by atoms with Gasteiger partial charge in [-0.2, -0.15) is 0 Å². The number of benzene rings is 2. The maximum atomic E-state index is 13.5. The standard InChI is InChI=1S/C23H20N6O/c1-2-18(28-22-20-21(25-13-24-20)26-14-27-22)19-12-15-8-6-7-11-17(15)23(30)29(19)16-9-4-3-5-10-16/h3-14,18H,2H2,1H3,(H2,24,25,26,27,28)/t18-/m1/s1. The summed E-state index contributed by atoms with van der Waals surface area (Å²) in [4.78, 5) is 29.4. The zero-order valence-electron chi connectivity index (χ0n) is 16.4. The van der Waals surface area contributed by atoms with Gasteiger partial charge in [0.1, 0.15) is 11.8 Å². The molecule has 0 saturated heterocycles. The smallest absolute Gasteiger partial charge is 0.263 e. The molecule has 0 aliphatic heterocycles. The maximum Gasteiger partial charge on any atom is 0.263 e. The molecule has 3 heterocycles. The minimum atomic E-state index is -0.155. The summed E-state index contributed by atoms with van der Waals surface area (Å²) in [6.45, 7) is 2.08. The molecule has 30 heavy (non-hydrogen) atoms. The van der Waals surface area contributed by atoms with Gasteiger partial charge in [0, 0.05) is 16.8 Å². The van der Waals surface area contributed by atoms with Crippen LogP contribution < -0.4 is 10.9 Å². The number of H-pyrrole nitrogens is 1. The number of aromatic nitrogens is 5. The number of fused-ring (bicyclic) bond motifs is 2. The van der Waals surface area contributed by atoms with E-state index in [2.05, 4.69) is 38.2 Å². The third-order valence-corrected chi connectivity index (χ3v) is 5.26. The van der Waals surface area contributed by atoms with Gasteiger partial charge in [0.15, 0.2) is 11.5 Å². The van der Waals surface area contributed by atoms with Crippen molar-refractivity contribution in [2.75, 3.05) is 5.32 Å². The first-order valence-electron chi connectivity index (χ1n) is 9.87. The molecule has 0 aliphatic carbocycles. The lowest BCUT2D eigenvalue weighted by Gasteiger charge is -2.23. The van der Waals surface area contributed by atoms with Crippen LogP contribution in [0.2, 0.25) is 0 Å². The molecule has 2 N–H and O–H groups in total. The van der Waals surface area contributed by atoms with Gasteiger partial charge in [-0.25, -0.2) is 15.0 Å². The van der Waals surface area contributed by atoms with Crippen molar-refractivity contribution in [2.45, 2.75) is 19.4 Å². The van der Waals surface area contributed by atoms with Crippen LogP contribution in [0.5, 0.6) is 0 Å². The van der Waals surface area contributed by atoms with Crippen molar-refractivity contribution < 1.29 is 0 Å². The number of imidazole rings is 1. The van der Waals surface area contributed by atoms with E-state index in [1.807, 2.05) is 54.6 Å². The average molecular weight is 396 g/mol. The van der Waals surface area contributed by atoms with Gasteiger partial charge in [-0.3, -0.25) is 9.36 Å². The van der Waals surface area contributed by atoms with Crippen molar-refractivity contribution in [3.8, 4) is 5.69 Å². The Balaban J connectivity index is 1.71.